The average molecular weight is 477 g/mol. The minimum atomic E-state index is -0.0510. The number of allylic oxidation sites excluding steroid dienone is 2. The fourth-order valence-corrected chi connectivity index (χ4v) is 5.45. The highest BCUT2D eigenvalue weighted by molar-refractivity contribution is 7.21. The van der Waals surface area contributed by atoms with E-state index in [4.69, 9.17) is 9.47 Å². The van der Waals surface area contributed by atoms with Crippen molar-refractivity contribution in [2.24, 2.45) is 28.0 Å². The van der Waals surface area contributed by atoms with Gasteiger partial charge >= 0.3 is 5.97 Å². The van der Waals surface area contributed by atoms with E-state index in [1.807, 2.05) is 56.4 Å². The van der Waals surface area contributed by atoms with Gasteiger partial charge in [0.2, 0.25) is 5.13 Å². The molecule has 0 saturated heterocycles. The van der Waals surface area contributed by atoms with E-state index < -0.39 is 0 Å². The number of nitrogens with zero attached hydrogens (tertiary/aromatic N) is 4. The average Bonchev–Trinajstić information content (AvgIpc) is 3.58. The molecule has 3 aromatic rings. The molecule has 1 fully saturated rings. The minimum absolute atomic E-state index is 0.0482. The van der Waals surface area contributed by atoms with Gasteiger partial charge in [0, 0.05) is 12.7 Å². The van der Waals surface area contributed by atoms with E-state index in [9.17, 15) is 4.79 Å². The van der Waals surface area contributed by atoms with Crippen molar-refractivity contribution in [3.8, 4) is 5.75 Å². The van der Waals surface area contributed by atoms with Crippen LogP contribution < -0.4 is 9.64 Å². The first-order chi connectivity index (χ1) is 16.6. The van der Waals surface area contributed by atoms with Gasteiger partial charge in [-0.2, -0.15) is 0 Å². The van der Waals surface area contributed by atoms with Crippen LogP contribution in [0.25, 0.3) is 10.2 Å². The molecular formula is C26H28N4O3S. The number of carbonyl (C=O) groups is 1. The Balaban J connectivity index is 1.13. The Morgan fingerprint density at radius 3 is 2.74 bits per heavy atom. The van der Waals surface area contributed by atoms with Gasteiger partial charge < -0.3 is 14.4 Å². The van der Waals surface area contributed by atoms with Crippen LogP contribution in [0.3, 0.4) is 0 Å². The van der Waals surface area contributed by atoms with E-state index in [-0.39, 0.29) is 11.9 Å². The van der Waals surface area contributed by atoms with E-state index in [0.717, 1.165) is 40.2 Å². The Morgan fingerprint density at radius 1 is 1.15 bits per heavy atom. The number of ether oxygens (including phenoxy) is 2. The molecular weight excluding hydrogens is 448 g/mol. The zero-order valence-corrected chi connectivity index (χ0v) is 20.2. The number of carbonyl (C=O) groups excluding carboxylic acids is 1. The summed E-state index contributed by atoms with van der Waals surface area (Å²) in [6.45, 7) is 3.62. The Kier molecular flexibility index (Phi) is 6.58. The summed E-state index contributed by atoms with van der Waals surface area (Å²) in [5, 5.41) is 9.24. The molecule has 2 aliphatic rings. The van der Waals surface area contributed by atoms with E-state index in [1.54, 1.807) is 0 Å². The van der Waals surface area contributed by atoms with Crippen molar-refractivity contribution in [2.45, 2.75) is 19.8 Å². The number of anilines is 1. The molecule has 176 valence electrons. The number of rotatable bonds is 9. The first kappa shape index (κ1) is 22.5. The highest BCUT2D eigenvalue weighted by atomic mass is 32.1. The van der Waals surface area contributed by atoms with E-state index in [0.29, 0.717) is 36.7 Å². The first-order valence-corrected chi connectivity index (χ1v) is 12.5. The second kappa shape index (κ2) is 9.93. The van der Waals surface area contributed by atoms with Crippen molar-refractivity contribution in [3.63, 3.8) is 0 Å². The fourth-order valence-electron chi connectivity index (χ4n) is 4.64. The third-order valence-electron chi connectivity index (χ3n) is 6.45. The lowest BCUT2D eigenvalue weighted by Gasteiger charge is -2.21. The molecule has 8 heteroatoms. The Hall–Kier alpha value is -3.26. The summed E-state index contributed by atoms with van der Waals surface area (Å²) in [5.74, 6) is 1.78. The lowest BCUT2D eigenvalue weighted by Crippen LogP contribution is -2.27. The molecule has 5 rings (SSSR count). The van der Waals surface area contributed by atoms with Gasteiger partial charge in [-0.15, -0.1) is 10.2 Å². The standard InChI is InChI=1S/C26H28N4O3S/c1-3-32-21-10-11-23-24(16-21)34-26(27-23)29-28-19-6-8-20(9-7-19)30(2)12-13-33-25(31)22-15-17-4-5-18(22)14-17/h4-11,16-18,22H,3,12-15H2,1-2H3. The molecule has 2 bridgehead atoms. The predicted octanol–water partition coefficient (Wildman–Crippen LogP) is 6.30. The van der Waals surface area contributed by atoms with Crippen molar-refractivity contribution >= 4 is 44.0 Å². The number of likely N-dealkylation sites (N-methyl/N-ethyl adjacent to an activating group) is 1. The van der Waals surface area contributed by atoms with Crippen LogP contribution in [0.5, 0.6) is 5.75 Å². The van der Waals surface area contributed by atoms with Gasteiger partial charge in [-0.05, 0) is 74.1 Å². The van der Waals surface area contributed by atoms with Gasteiger partial charge in [-0.25, -0.2) is 4.98 Å². The lowest BCUT2D eigenvalue weighted by atomic mass is 9.94. The van der Waals surface area contributed by atoms with Gasteiger partial charge in [-0.3, -0.25) is 4.79 Å². The summed E-state index contributed by atoms with van der Waals surface area (Å²) in [4.78, 5) is 19.0. The molecule has 3 atom stereocenters. The van der Waals surface area contributed by atoms with Crippen molar-refractivity contribution in [2.75, 3.05) is 31.7 Å². The zero-order chi connectivity index (χ0) is 23.5. The third-order valence-corrected chi connectivity index (χ3v) is 7.36. The normalized spacial score (nSPS) is 20.9. The minimum Gasteiger partial charge on any atom is -0.494 e. The molecule has 0 spiro atoms. The number of benzene rings is 2. The van der Waals surface area contributed by atoms with Crippen molar-refractivity contribution < 1.29 is 14.3 Å². The molecule has 0 N–H and O–H groups in total. The number of thiazole rings is 1. The number of azo groups is 1. The summed E-state index contributed by atoms with van der Waals surface area (Å²) in [6.07, 6.45) is 6.47. The molecule has 2 aromatic carbocycles. The van der Waals surface area contributed by atoms with E-state index >= 15 is 0 Å². The van der Waals surface area contributed by atoms with Crippen LogP contribution in [0.15, 0.2) is 64.8 Å². The zero-order valence-electron chi connectivity index (χ0n) is 19.4. The smallest absolute Gasteiger partial charge is 0.309 e. The van der Waals surface area contributed by atoms with Crippen molar-refractivity contribution in [1.82, 2.24) is 4.98 Å². The number of aromatic nitrogens is 1. The van der Waals surface area contributed by atoms with Crippen LogP contribution in [0.4, 0.5) is 16.5 Å². The molecule has 1 heterocycles. The Labute approximate surface area is 203 Å². The van der Waals surface area contributed by atoms with Crippen LogP contribution in [0.1, 0.15) is 19.8 Å². The maximum atomic E-state index is 12.4. The number of hydrogen-bond donors (Lipinski definition) is 0. The van der Waals surface area contributed by atoms with Gasteiger partial charge in [0.15, 0.2) is 0 Å². The molecule has 0 amide bonds. The SMILES string of the molecule is CCOc1ccc2nc(N=Nc3ccc(N(C)CCOC(=O)C4CC5C=CC4C5)cc3)sc2c1. The second-order valence-electron chi connectivity index (χ2n) is 8.75. The van der Waals surface area contributed by atoms with Crippen LogP contribution in [0.2, 0.25) is 0 Å². The molecule has 1 saturated carbocycles. The fraction of sp³-hybridized carbons (Fsp3) is 0.385. The maximum Gasteiger partial charge on any atom is 0.309 e. The number of hydrogen-bond acceptors (Lipinski definition) is 8. The molecule has 0 aliphatic heterocycles. The molecule has 1 aromatic heterocycles. The van der Waals surface area contributed by atoms with Crippen molar-refractivity contribution in [1.29, 1.82) is 0 Å². The van der Waals surface area contributed by atoms with Gasteiger partial charge in [-0.1, -0.05) is 23.5 Å². The summed E-state index contributed by atoms with van der Waals surface area (Å²) in [6, 6.07) is 13.7. The summed E-state index contributed by atoms with van der Waals surface area (Å²) in [5.41, 5.74) is 2.67. The maximum absolute atomic E-state index is 12.4. The Morgan fingerprint density at radius 2 is 2.00 bits per heavy atom. The monoisotopic (exact) mass is 476 g/mol. The summed E-state index contributed by atoms with van der Waals surface area (Å²) >= 11 is 1.48. The molecule has 3 unspecified atom stereocenters. The molecule has 7 nitrogen and oxygen atoms in total. The van der Waals surface area contributed by atoms with Crippen LogP contribution in [0, 0.1) is 17.8 Å². The number of esters is 1. The molecule has 0 radical (unpaired) electrons. The van der Waals surface area contributed by atoms with Crippen LogP contribution in [-0.2, 0) is 9.53 Å². The summed E-state index contributed by atoms with van der Waals surface area (Å²) < 4.78 is 12.1. The van der Waals surface area contributed by atoms with E-state index in [1.165, 1.54) is 11.3 Å². The third kappa shape index (κ3) is 4.97. The van der Waals surface area contributed by atoms with Gasteiger partial charge in [0.05, 0.1) is 35.0 Å². The molecule has 2 aliphatic carbocycles. The van der Waals surface area contributed by atoms with Crippen molar-refractivity contribution in [3.05, 3.63) is 54.6 Å². The molecule has 34 heavy (non-hydrogen) atoms. The quantitative estimate of drug-likeness (QED) is 0.206. The predicted molar refractivity (Wildman–Crippen MR) is 134 cm³/mol. The van der Waals surface area contributed by atoms with Gasteiger partial charge in [0.25, 0.3) is 0 Å². The van der Waals surface area contributed by atoms with Crippen LogP contribution in [-0.4, -0.2) is 37.8 Å². The van der Waals surface area contributed by atoms with E-state index in [2.05, 4.69) is 32.3 Å². The lowest BCUT2D eigenvalue weighted by molar-refractivity contribution is -0.149. The highest BCUT2D eigenvalue weighted by Gasteiger charge is 2.40. The van der Waals surface area contributed by atoms with Crippen LogP contribution >= 0.6 is 11.3 Å². The largest absolute Gasteiger partial charge is 0.494 e. The number of fused-ring (bicyclic) bond motifs is 3. The second-order valence-corrected chi connectivity index (χ2v) is 9.76. The highest BCUT2D eigenvalue weighted by Crippen LogP contribution is 2.43. The first-order valence-electron chi connectivity index (χ1n) is 11.7. The topological polar surface area (TPSA) is 76.4 Å². The Bertz CT molecular complexity index is 1220. The van der Waals surface area contributed by atoms with Gasteiger partial charge in [0.1, 0.15) is 12.4 Å². The summed E-state index contributed by atoms with van der Waals surface area (Å²) in [7, 11) is 1.99.